The third-order valence-corrected chi connectivity index (χ3v) is 3.71. The lowest BCUT2D eigenvalue weighted by atomic mass is 9.96. The van der Waals surface area contributed by atoms with Crippen molar-refractivity contribution >= 4 is 5.96 Å². The predicted molar refractivity (Wildman–Crippen MR) is 76.6 cm³/mol. The summed E-state index contributed by atoms with van der Waals surface area (Å²) in [5.74, 6) is 1.05. The van der Waals surface area contributed by atoms with Crippen molar-refractivity contribution in [2.45, 2.75) is 64.3 Å². The van der Waals surface area contributed by atoms with E-state index < -0.39 is 0 Å². The Kier molecular flexibility index (Phi) is 7.81. The Hall–Kier alpha value is -0.770. The van der Waals surface area contributed by atoms with Gasteiger partial charge in [-0.1, -0.05) is 32.6 Å². The lowest BCUT2D eigenvalue weighted by Crippen LogP contribution is -2.41. The first-order valence-electron chi connectivity index (χ1n) is 7.43. The highest BCUT2D eigenvalue weighted by atomic mass is 16.3. The fourth-order valence-corrected chi connectivity index (χ4v) is 2.65. The molecule has 0 aromatic carbocycles. The lowest BCUT2D eigenvalue weighted by molar-refractivity contribution is 0.253. The van der Waals surface area contributed by atoms with Crippen LogP contribution in [-0.2, 0) is 0 Å². The van der Waals surface area contributed by atoms with Crippen LogP contribution in [0.1, 0.15) is 58.3 Å². The SMILES string of the molecule is CCCC(CCO)CN=C(N)NC1CCCCC1. The highest BCUT2D eigenvalue weighted by Gasteiger charge is 2.13. The normalized spacial score (nSPS) is 19.8. The number of guanidine groups is 1. The first kappa shape index (κ1) is 15.3. The predicted octanol–water partition coefficient (Wildman–Crippen LogP) is 2.02. The monoisotopic (exact) mass is 255 g/mol. The van der Waals surface area contributed by atoms with Gasteiger partial charge < -0.3 is 16.2 Å². The quantitative estimate of drug-likeness (QED) is 0.481. The fourth-order valence-electron chi connectivity index (χ4n) is 2.65. The van der Waals surface area contributed by atoms with Crippen LogP contribution in [0.25, 0.3) is 0 Å². The second-order valence-corrected chi connectivity index (χ2v) is 5.37. The van der Waals surface area contributed by atoms with Gasteiger partial charge in [-0.2, -0.15) is 0 Å². The molecule has 4 N–H and O–H groups in total. The van der Waals surface area contributed by atoms with Crippen molar-refractivity contribution in [3.63, 3.8) is 0 Å². The number of aliphatic hydroxyl groups is 1. The molecule has 0 aromatic heterocycles. The van der Waals surface area contributed by atoms with Gasteiger partial charge in [-0.05, 0) is 31.6 Å². The molecule has 1 fully saturated rings. The molecule has 4 nitrogen and oxygen atoms in total. The van der Waals surface area contributed by atoms with Gasteiger partial charge in [-0.25, -0.2) is 0 Å². The highest BCUT2D eigenvalue weighted by Crippen LogP contribution is 2.17. The summed E-state index contributed by atoms with van der Waals surface area (Å²) in [5, 5.41) is 12.3. The Bertz CT molecular complexity index is 231. The molecule has 0 radical (unpaired) electrons. The van der Waals surface area contributed by atoms with E-state index in [1.54, 1.807) is 0 Å². The summed E-state index contributed by atoms with van der Waals surface area (Å²) in [6.45, 7) is 3.15. The Morgan fingerprint density at radius 1 is 1.33 bits per heavy atom. The Balaban J connectivity index is 2.29. The van der Waals surface area contributed by atoms with Gasteiger partial charge in [-0.15, -0.1) is 0 Å². The van der Waals surface area contributed by atoms with Crippen LogP contribution < -0.4 is 11.1 Å². The van der Waals surface area contributed by atoms with E-state index in [0.29, 0.717) is 17.9 Å². The molecule has 0 aromatic rings. The van der Waals surface area contributed by atoms with Gasteiger partial charge in [0.05, 0.1) is 0 Å². The van der Waals surface area contributed by atoms with Crippen molar-refractivity contribution in [3.05, 3.63) is 0 Å². The van der Waals surface area contributed by atoms with Gasteiger partial charge in [0.2, 0.25) is 0 Å². The maximum Gasteiger partial charge on any atom is 0.188 e. The lowest BCUT2D eigenvalue weighted by Gasteiger charge is -2.23. The molecule has 0 aliphatic heterocycles. The molecule has 1 aliphatic rings. The second-order valence-electron chi connectivity index (χ2n) is 5.37. The van der Waals surface area contributed by atoms with Gasteiger partial charge in [0.15, 0.2) is 5.96 Å². The molecule has 1 unspecified atom stereocenters. The molecular formula is C14H29N3O. The number of rotatable bonds is 7. The molecule has 1 saturated carbocycles. The van der Waals surface area contributed by atoms with Crippen LogP contribution in [0, 0.1) is 5.92 Å². The Morgan fingerprint density at radius 2 is 2.06 bits per heavy atom. The molecule has 0 amide bonds. The van der Waals surface area contributed by atoms with Crippen molar-refractivity contribution in [1.29, 1.82) is 0 Å². The smallest absolute Gasteiger partial charge is 0.188 e. The molecule has 4 heteroatoms. The zero-order valence-electron chi connectivity index (χ0n) is 11.7. The number of nitrogens with zero attached hydrogens (tertiary/aromatic N) is 1. The van der Waals surface area contributed by atoms with Crippen molar-refractivity contribution in [2.75, 3.05) is 13.2 Å². The van der Waals surface area contributed by atoms with E-state index in [4.69, 9.17) is 10.8 Å². The maximum atomic E-state index is 8.99. The number of hydrogen-bond acceptors (Lipinski definition) is 2. The van der Waals surface area contributed by atoms with Gasteiger partial charge in [0.25, 0.3) is 0 Å². The van der Waals surface area contributed by atoms with E-state index in [1.807, 2.05) is 0 Å². The van der Waals surface area contributed by atoms with Crippen LogP contribution in [0.15, 0.2) is 4.99 Å². The van der Waals surface area contributed by atoms with E-state index in [9.17, 15) is 0 Å². The van der Waals surface area contributed by atoms with E-state index in [0.717, 1.165) is 25.8 Å². The first-order valence-corrected chi connectivity index (χ1v) is 7.43. The van der Waals surface area contributed by atoms with Gasteiger partial charge in [0, 0.05) is 19.2 Å². The largest absolute Gasteiger partial charge is 0.396 e. The number of hydrogen-bond donors (Lipinski definition) is 3. The van der Waals surface area contributed by atoms with Crippen LogP contribution in [0.2, 0.25) is 0 Å². The standard InChI is InChI=1S/C14H29N3O/c1-2-6-12(9-10-18)11-16-14(15)17-13-7-4-3-5-8-13/h12-13,18H,2-11H2,1H3,(H3,15,16,17). The minimum Gasteiger partial charge on any atom is -0.396 e. The summed E-state index contributed by atoms with van der Waals surface area (Å²) in [7, 11) is 0. The van der Waals surface area contributed by atoms with Crippen molar-refractivity contribution in [1.82, 2.24) is 5.32 Å². The average molecular weight is 255 g/mol. The van der Waals surface area contributed by atoms with E-state index in [-0.39, 0.29) is 6.61 Å². The van der Waals surface area contributed by atoms with Crippen molar-refractivity contribution in [2.24, 2.45) is 16.6 Å². The highest BCUT2D eigenvalue weighted by molar-refractivity contribution is 5.78. The van der Waals surface area contributed by atoms with E-state index >= 15 is 0 Å². The number of nitrogens with two attached hydrogens (primary N) is 1. The molecule has 1 atom stereocenters. The first-order chi connectivity index (χ1) is 8.76. The summed E-state index contributed by atoms with van der Waals surface area (Å²) in [6.07, 6.45) is 9.45. The summed E-state index contributed by atoms with van der Waals surface area (Å²) in [5.41, 5.74) is 5.92. The van der Waals surface area contributed by atoms with Gasteiger partial charge in [-0.3, -0.25) is 4.99 Å². The fraction of sp³-hybridized carbons (Fsp3) is 0.929. The van der Waals surface area contributed by atoms with Crippen molar-refractivity contribution in [3.8, 4) is 0 Å². The minimum atomic E-state index is 0.246. The molecule has 18 heavy (non-hydrogen) atoms. The number of aliphatic imine (C=N–C) groups is 1. The average Bonchev–Trinajstić information content (AvgIpc) is 2.38. The molecule has 0 spiro atoms. The Labute approximate surface area is 111 Å². The van der Waals surface area contributed by atoms with Gasteiger partial charge in [0.1, 0.15) is 0 Å². The van der Waals surface area contributed by atoms with Crippen LogP contribution in [-0.4, -0.2) is 30.3 Å². The summed E-state index contributed by atoms with van der Waals surface area (Å²) in [6, 6.07) is 0.518. The van der Waals surface area contributed by atoms with Crippen LogP contribution >= 0.6 is 0 Å². The zero-order valence-corrected chi connectivity index (χ0v) is 11.7. The minimum absolute atomic E-state index is 0.246. The number of nitrogens with one attached hydrogen (secondary N) is 1. The number of aliphatic hydroxyl groups excluding tert-OH is 1. The third-order valence-electron chi connectivity index (χ3n) is 3.71. The summed E-state index contributed by atoms with van der Waals surface area (Å²) >= 11 is 0. The topological polar surface area (TPSA) is 70.6 Å². The zero-order chi connectivity index (χ0) is 13.2. The van der Waals surface area contributed by atoms with Crippen LogP contribution in [0.5, 0.6) is 0 Å². The molecule has 0 bridgehead atoms. The Morgan fingerprint density at radius 3 is 2.67 bits per heavy atom. The summed E-state index contributed by atoms with van der Waals surface area (Å²) in [4.78, 5) is 4.43. The van der Waals surface area contributed by atoms with E-state index in [2.05, 4.69) is 17.2 Å². The van der Waals surface area contributed by atoms with Crippen LogP contribution in [0.4, 0.5) is 0 Å². The van der Waals surface area contributed by atoms with Gasteiger partial charge >= 0.3 is 0 Å². The molecule has 1 rings (SSSR count). The van der Waals surface area contributed by atoms with Crippen LogP contribution in [0.3, 0.4) is 0 Å². The molecule has 106 valence electrons. The summed E-state index contributed by atoms with van der Waals surface area (Å²) < 4.78 is 0. The van der Waals surface area contributed by atoms with E-state index in [1.165, 1.54) is 32.1 Å². The maximum absolute atomic E-state index is 8.99. The molecule has 1 aliphatic carbocycles. The molecule has 0 saturated heterocycles. The molecular weight excluding hydrogens is 226 g/mol. The second kappa shape index (κ2) is 9.20. The van der Waals surface area contributed by atoms with Crippen molar-refractivity contribution < 1.29 is 5.11 Å². The third kappa shape index (κ3) is 6.24. The molecule has 0 heterocycles.